The lowest BCUT2D eigenvalue weighted by Gasteiger charge is -2.41. The molecule has 0 spiro atoms. The van der Waals surface area contributed by atoms with Crippen LogP contribution in [0.1, 0.15) is 39.0 Å². The summed E-state index contributed by atoms with van der Waals surface area (Å²) in [5.74, 6) is 0. The molecular formula is C13H27N3. The summed E-state index contributed by atoms with van der Waals surface area (Å²) in [6, 6.07) is 1.22. The highest BCUT2D eigenvalue weighted by molar-refractivity contribution is 4.81. The summed E-state index contributed by atoms with van der Waals surface area (Å²) in [5, 5.41) is 0. The Hall–Kier alpha value is -0.120. The molecule has 0 unspecified atom stereocenters. The topological polar surface area (TPSA) is 32.5 Å². The fraction of sp³-hybridized carbons (Fsp3) is 1.00. The summed E-state index contributed by atoms with van der Waals surface area (Å²) in [7, 11) is 0. The number of nitrogens with zero attached hydrogens (tertiary/aromatic N) is 2. The second-order valence-electron chi connectivity index (χ2n) is 5.61. The van der Waals surface area contributed by atoms with Gasteiger partial charge in [0.05, 0.1) is 0 Å². The third-order valence-electron chi connectivity index (χ3n) is 4.04. The molecule has 0 amide bonds. The van der Waals surface area contributed by atoms with Crippen LogP contribution in [-0.2, 0) is 0 Å². The minimum absolute atomic E-state index is 0.321. The van der Waals surface area contributed by atoms with Crippen LogP contribution < -0.4 is 5.73 Å². The maximum Gasteiger partial charge on any atom is 0.0139 e. The average molecular weight is 225 g/mol. The summed E-state index contributed by atoms with van der Waals surface area (Å²) in [6.07, 6.45) is 7.23. The van der Waals surface area contributed by atoms with Crippen molar-refractivity contribution < 1.29 is 0 Å². The van der Waals surface area contributed by atoms with Gasteiger partial charge in [0.15, 0.2) is 0 Å². The van der Waals surface area contributed by atoms with E-state index < -0.39 is 0 Å². The molecule has 2 rings (SSSR count). The van der Waals surface area contributed by atoms with Gasteiger partial charge in [-0.15, -0.1) is 0 Å². The first-order chi connectivity index (χ1) is 7.75. The largest absolute Gasteiger partial charge is 0.327 e. The van der Waals surface area contributed by atoms with E-state index in [0.717, 1.165) is 12.6 Å². The molecule has 16 heavy (non-hydrogen) atoms. The molecule has 1 aliphatic carbocycles. The van der Waals surface area contributed by atoms with Crippen LogP contribution >= 0.6 is 0 Å². The molecule has 0 aromatic heterocycles. The van der Waals surface area contributed by atoms with E-state index >= 15 is 0 Å². The van der Waals surface area contributed by atoms with Crippen LogP contribution in [0.5, 0.6) is 0 Å². The van der Waals surface area contributed by atoms with Gasteiger partial charge in [-0.05, 0) is 19.8 Å². The first-order valence-electron chi connectivity index (χ1n) is 6.97. The molecule has 2 N–H and O–H groups in total. The smallest absolute Gasteiger partial charge is 0.0139 e. The fourth-order valence-corrected chi connectivity index (χ4v) is 3.16. The number of hydrogen-bond acceptors (Lipinski definition) is 3. The molecule has 0 aromatic carbocycles. The van der Waals surface area contributed by atoms with E-state index in [-0.39, 0.29) is 0 Å². The predicted octanol–water partition coefficient (Wildman–Crippen LogP) is 1.28. The molecular weight excluding hydrogens is 198 g/mol. The van der Waals surface area contributed by atoms with E-state index in [9.17, 15) is 0 Å². The van der Waals surface area contributed by atoms with Gasteiger partial charge in [-0.1, -0.05) is 19.3 Å². The molecule has 0 radical (unpaired) electrons. The van der Waals surface area contributed by atoms with E-state index in [1.54, 1.807) is 0 Å². The summed E-state index contributed by atoms with van der Waals surface area (Å²) in [6.45, 7) is 8.14. The van der Waals surface area contributed by atoms with Crippen molar-refractivity contribution in [1.82, 2.24) is 9.80 Å². The van der Waals surface area contributed by atoms with Crippen molar-refractivity contribution >= 4 is 0 Å². The molecule has 1 aliphatic heterocycles. The van der Waals surface area contributed by atoms with Crippen molar-refractivity contribution in [2.45, 2.75) is 51.1 Å². The lowest BCUT2D eigenvalue weighted by molar-refractivity contribution is 0.0769. The monoisotopic (exact) mass is 225 g/mol. The second kappa shape index (κ2) is 5.99. The second-order valence-corrected chi connectivity index (χ2v) is 5.61. The van der Waals surface area contributed by atoms with Crippen LogP contribution in [0.4, 0.5) is 0 Å². The first-order valence-corrected chi connectivity index (χ1v) is 6.97. The standard InChI is InChI=1S/C13H27N3/c1-12(14)11-15-7-9-16(10-8-15)13-5-3-2-4-6-13/h12-13H,2-11,14H2,1H3/t12-/m1/s1. The number of hydrogen-bond donors (Lipinski definition) is 1. The van der Waals surface area contributed by atoms with Gasteiger partial charge in [-0.3, -0.25) is 9.80 Å². The molecule has 3 heteroatoms. The normalized spacial score (nSPS) is 28.1. The molecule has 1 atom stereocenters. The number of rotatable bonds is 3. The van der Waals surface area contributed by atoms with Gasteiger partial charge in [0.25, 0.3) is 0 Å². The molecule has 1 saturated carbocycles. The molecule has 0 bridgehead atoms. The highest BCUT2D eigenvalue weighted by Crippen LogP contribution is 2.23. The van der Waals surface area contributed by atoms with Gasteiger partial charge in [-0.25, -0.2) is 0 Å². The summed E-state index contributed by atoms with van der Waals surface area (Å²) in [4.78, 5) is 5.24. The Balaban J connectivity index is 1.71. The van der Waals surface area contributed by atoms with Crippen LogP contribution in [0.3, 0.4) is 0 Å². The maximum atomic E-state index is 5.85. The summed E-state index contributed by atoms with van der Waals surface area (Å²) >= 11 is 0. The van der Waals surface area contributed by atoms with E-state index in [1.165, 1.54) is 58.3 Å². The van der Waals surface area contributed by atoms with Gasteiger partial charge in [0, 0.05) is 44.8 Å². The Bertz CT molecular complexity index is 191. The molecule has 94 valence electrons. The predicted molar refractivity (Wildman–Crippen MR) is 68.5 cm³/mol. The van der Waals surface area contributed by atoms with Gasteiger partial charge in [0.2, 0.25) is 0 Å². The Labute approximate surface area is 100.0 Å². The van der Waals surface area contributed by atoms with Gasteiger partial charge < -0.3 is 5.73 Å². The lowest BCUT2D eigenvalue weighted by atomic mass is 9.94. The molecule has 3 nitrogen and oxygen atoms in total. The van der Waals surface area contributed by atoms with Crippen molar-refractivity contribution in [3.63, 3.8) is 0 Å². The van der Waals surface area contributed by atoms with Gasteiger partial charge in [-0.2, -0.15) is 0 Å². The highest BCUT2D eigenvalue weighted by Gasteiger charge is 2.24. The maximum absolute atomic E-state index is 5.85. The van der Waals surface area contributed by atoms with Crippen LogP contribution in [0.15, 0.2) is 0 Å². The lowest BCUT2D eigenvalue weighted by Crippen LogP contribution is -2.52. The van der Waals surface area contributed by atoms with Crippen LogP contribution in [0, 0.1) is 0 Å². The van der Waals surface area contributed by atoms with Gasteiger partial charge in [0.1, 0.15) is 0 Å². The van der Waals surface area contributed by atoms with Crippen LogP contribution in [0.2, 0.25) is 0 Å². The third-order valence-corrected chi connectivity index (χ3v) is 4.04. The van der Waals surface area contributed by atoms with Crippen molar-refractivity contribution in [2.24, 2.45) is 5.73 Å². The van der Waals surface area contributed by atoms with Crippen molar-refractivity contribution in [1.29, 1.82) is 0 Å². The SMILES string of the molecule is C[C@@H](N)CN1CCN(C2CCCCC2)CC1. The van der Waals surface area contributed by atoms with Crippen molar-refractivity contribution in [3.8, 4) is 0 Å². The quantitative estimate of drug-likeness (QED) is 0.785. The Morgan fingerprint density at radius 2 is 1.69 bits per heavy atom. The Kier molecular flexibility index (Phi) is 4.62. The fourth-order valence-electron chi connectivity index (χ4n) is 3.16. The molecule has 2 fully saturated rings. The number of nitrogens with two attached hydrogens (primary N) is 1. The molecule has 0 aromatic rings. The van der Waals surface area contributed by atoms with E-state index in [2.05, 4.69) is 16.7 Å². The summed E-state index contributed by atoms with van der Waals surface area (Å²) in [5.41, 5.74) is 5.85. The Morgan fingerprint density at radius 3 is 2.25 bits per heavy atom. The number of piperazine rings is 1. The minimum Gasteiger partial charge on any atom is -0.327 e. The highest BCUT2D eigenvalue weighted by atomic mass is 15.3. The van der Waals surface area contributed by atoms with Crippen LogP contribution in [-0.4, -0.2) is 54.6 Å². The first kappa shape index (κ1) is 12.3. The minimum atomic E-state index is 0.321. The average Bonchev–Trinajstić information content (AvgIpc) is 2.30. The molecule has 1 heterocycles. The van der Waals surface area contributed by atoms with Crippen molar-refractivity contribution in [2.75, 3.05) is 32.7 Å². The zero-order valence-electron chi connectivity index (χ0n) is 10.7. The van der Waals surface area contributed by atoms with E-state index in [4.69, 9.17) is 5.73 Å². The third kappa shape index (κ3) is 3.44. The summed E-state index contributed by atoms with van der Waals surface area (Å²) < 4.78 is 0. The van der Waals surface area contributed by atoms with E-state index in [0.29, 0.717) is 6.04 Å². The molecule has 1 saturated heterocycles. The van der Waals surface area contributed by atoms with Crippen molar-refractivity contribution in [3.05, 3.63) is 0 Å². The van der Waals surface area contributed by atoms with Gasteiger partial charge >= 0.3 is 0 Å². The zero-order valence-corrected chi connectivity index (χ0v) is 10.7. The Morgan fingerprint density at radius 1 is 1.06 bits per heavy atom. The zero-order chi connectivity index (χ0) is 11.4. The van der Waals surface area contributed by atoms with E-state index in [1.807, 2.05) is 0 Å². The molecule has 2 aliphatic rings. The van der Waals surface area contributed by atoms with Crippen LogP contribution in [0.25, 0.3) is 0 Å².